The highest BCUT2D eigenvalue weighted by molar-refractivity contribution is 14.0. The number of rotatable bonds is 7. The molecule has 154 valence electrons. The predicted octanol–water partition coefficient (Wildman–Crippen LogP) is 3.96. The number of nitrogens with one attached hydrogen (secondary N) is 1. The van der Waals surface area contributed by atoms with Gasteiger partial charge in [0.05, 0.1) is 0 Å². The Kier molecular flexibility index (Phi) is 10.0. The zero-order valence-corrected chi connectivity index (χ0v) is 19.8. The Labute approximate surface area is 181 Å². The van der Waals surface area contributed by atoms with Crippen LogP contribution in [-0.4, -0.2) is 62.1 Å². The van der Waals surface area contributed by atoms with Crippen molar-refractivity contribution in [2.45, 2.75) is 39.5 Å². The van der Waals surface area contributed by atoms with Crippen molar-refractivity contribution < 1.29 is 4.39 Å². The fourth-order valence-corrected chi connectivity index (χ4v) is 3.66. The van der Waals surface area contributed by atoms with Gasteiger partial charge in [-0.15, -0.1) is 24.0 Å². The average molecular weight is 490 g/mol. The summed E-state index contributed by atoms with van der Waals surface area (Å²) in [5.74, 6) is 1.47. The van der Waals surface area contributed by atoms with Crippen molar-refractivity contribution in [2.75, 3.05) is 46.3 Å². The fourth-order valence-electron chi connectivity index (χ4n) is 3.66. The Morgan fingerprint density at radius 1 is 1.33 bits per heavy atom. The van der Waals surface area contributed by atoms with Gasteiger partial charge in [0.15, 0.2) is 5.96 Å². The zero-order chi connectivity index (χ0) is 19.2. The molecule has 1 aromatic rings. The molecule has 0 radical (unpaired) electrons. The van der Waals surface area contributed by atoms with Crippen molar-refractivity contribution in [2.24, 2.45) is 10.9 Å². The summed E-state index contributed by atoms with van der Waals surface area (Å²) in [4.78, 5) is 9.34. The molecule has 27 heavy (non-hydrogen) atoms. The quantitative estimate of drug-likeness (QED) is 0.357. The second kappa shape index (κ2) is 11.2. The van der Waals surface area contributed by atoms with Crippen LogP contribution >= 0.6 is 24.0 Å². The van der Waals surface area contributed by atoms with Crippen molar-refractivity contribution in [3.63, 3.8) is 0 Å². The first-order valence-corrected chi connectivity index (χ1v) is 9.83. The molecule has 0 spiro atoms. The maximum absolute atomic E-state index is 13.6. The van der Waals surface area contributed by atoms with Gasteiger partial charge in [0.25, 0.3) is 0 Å². The second-order valence-electron chi connectivity index (χ2n) is 7.88. The van der Waals surface area contributed by atoms with Gasteiger partial charge in [0.2, 0.25) is 0 Å². The first-order valence-electron chi connectivity index (χ1n) is 9.83. The standard InChI is InChI=1S/C21H35FN4.HI/c1-6-25(7-2)14-17-11-12-26(15-17)20(23-5)24-16-21(3,4)18-9-8-10-19(22)13-18;/h8-10,13,17H,6-7,11-12,14-16H2,1-5H3,(H,23,24);1H. The van der Waals surface area contributed by atoms with Crippen LogP contribution in [0.15, 0.2) is 29.3 Å². The lowest BCUT2D eigenvalue weighted by molar-refractivity contribution is 0.255. The summed E-state index contributed by atoms with van der Waals surface area (Å²) in [5.41, 5.74) is 0.833. The van der Waals surface area contributed by atoms with Gasteiger partial charge in [-0.1, -0.05) is 39.8 Å². The normalized spacial score (nSPS) is 18.0. The average Bonchev–Trinajstić information content (AvgIpc) is 3.08. The lowest BCUT2D eigenvalue weighted by Crippen LogP contribution is -2.45. The Morgan fingerprint density at radius 3 is 2.63 bits per heavy atom. The second-order valence-corrected chi connectivity index (χ2v) is 7.88. The molecule has 1 N–H and O–H groups in total. The molecule has 6 heteroatoms. The van der Waals surface area contributed by atoms with E-state index in [9.17, 15) is 4.39 Å². The number of hydrogen-bond donors (Lipinski definition) is 1. The van der Waals surface area contributed by atoms with Gasteiger partial charge >= 0.3 is 0 Å². The largest absolute Gasteiger partial charge is 0.355 e. The van der Waals surface area contributed by atoms with Gasteiger partial charge in [-0.25, -0.2) is 4.39 Å². The van der Waals surface area contributed by atoms with E-state index in [2.05, 4.69) is 47.8 Å². The number of halogens is 2. The summed E-state index contributed by atoms with van der Waals surface area (Å²) < 4.78 is 13.6. The van der Waals surface area contributed by atoms with Crippen molar-refractivity contribution in [3.05, 3.63) is 35.6 Å². The van der Waals surface area contributed by atoms with Gasteiger partial charge in [-0.05, 0) is 43.1 Å². The van der Waals surface area contributed by atoms with Crippen molar-refractivity contribution in [3.8, 4) is 0 Å². The van der Waals surface area contributed by atoms with E-state index in [-0.39, 0.29) is 35.2 Å². The van der Waals surface area contributed by atoms with Crippen LogP contribution < -0.4 is 5.32 Å². The molecule has 1 saturated heterocycles. The molecule has 0 aromatic heterocycles. The van der Waals surface area contributed by atoms with Crippen molar-refractivity contribution in [1.82, 2.24) is 15.1 Å². The topological polar surface area (TPSA) is 30.9 Å². The molecular weight excluding hydrogens is 454 g/mol. The molecule has 2 rings (SSSR count). The summed E-state index contributed by atoms with van der Waals surface area (Å²) in [6.45, 7) is 14.9. The van der Waals surface area contributed by atoms with Crippen LogP contribution in [-0.2, 0) is 5.41 Å². The molecule has 1 unspecified atom stereocenters. The SMILES string of the molecule is CCN(CC)CC1CCN(C(=NC)NCC(C)(C)c2cccc(F)c2)C1.I. The van der Waals surface area contributed by atoms with Crippen LogP contribution in [0.4, 0.5) is 4.39 Å². The monoisotopic (exact) mass is 490 g/mol. The van der Waals surface area contributed by atoms with E-state index in [4.69, 9.17) is 0 Å². The summed E-state index contributed by atoms with van der Waals surface area (Å²) in [5, 5.41) is 3.51. The number of guanidine groups is 1. The summed E-state index contributed by atoms with van der Waals surface area (Å²) in [6, 6.07) is 6.88. The van der Waals surface area contributed by atoms with E-state index in [0.717, 1.165) is 50.8 Å². The minimum Gasteiger partial charge on any atom is -0.355 e. The minimum atomic E-state index is -0.182. The number of nitrogens with zero attached hydrogens (tertiary/aromatic N) is 3. The molecule has 1 aliphatic heterocycles. The fraction of sp³-hybridized carbons (Fsp3) is 0.667. The number of aliphatic imine (C=N–C) groups is 1. The van der Waals surface area contributed by atoms with Gasteiger partial charge in [-0.2, -0.15) is 0 Å². The molecule has 0 amide bonds. The first-order chi connectivity index (χ1) is 12.4. The number of likely N-dealkylation sites (tertiary alicyclic amines) is 1. The van der Waals surface area contributed by atoms with Crippen molar-refractivity contribution >= 4 is 29.9 Å². The van der Waals surface area contributed by atoms with Gasteiger partial charge in [0, 0.05) is 38.6 Å². The Balaban J connectivity index is 0.00000364. The number of benzene rings is 1. The van der Waals surface area contributed by atoms with E-state index in [1.54, 1.807) is 12.1 Å². The molecule has 0 bridgehead atoms. The molecule has 0 saturated carbocycles. The number of hydrogen-bond acceptors (Lipinski definition) is 2. The highest BCUT2D eigenvalue weighted by Crippen LogP contribution is 2.23. The van der Waals surface area contributed by atoms with Crippen LogP contribution in [0.25, 0.3) is 0 Å². The van der Waals surface area contributed by atoms with Crippen LogP contribution in [0.2, 0.25) is 0 Å². The molecule has 1 aliphatic rings. The smallest absolute Gasteiger partial charge is 0.193 e. The van der Waals surface area contributed by atoms with E-state index >= 15 is 0 Å². The summed E-state index contributed by atoms with van der Waals surface area (Å²) in [7, 11) is 1.84. The first kappa shape index (κ1) is 24.1. The lowest BCUT2D eigenvalue weighted by atomic mass is 9.84. The van der Waals surface area contributed by atoms with E-state index in [1.165, 1.54) is 12.5 Å². The minimum absolute atomic E-state index is 0. The summed E-state index contributed by atoms with van der Waals surface area (Å²) in [6.07, 6.45) is 1.21. The third-order valence-corrected chi connectivity index (χ3v) is 5.50. The third kappa shape index (κ3) is 6.89. The van der Waals surface area contributed by atoms with Crippen LogP contribution in [0.3, 0.4) is 0 Å². The maximum atomic E-state index is 13.6. The molecule has 1 atom stereocenters. The van der Waals surface area contributed by atoms with Gasteiger partial charge in [0.1, 0.15) is 5.82 Å². The van der Waals surface area contributed by atoms with E-state index < -0.39 is 0 Å². The van der Waals surface area contributed by atoms with Crippen molar-refractivity contribution in [1.29, 1.82) is 0 Å². The molecule has 1 heterocycles. The lowest BCUT2D eigenvalue weighted by Gasteiger charge is -2.29. The van der Waals surface area contributed by atoms with E-state index in [0.29, 0.717) is 5.92 Å². The van der Waals surface area contributed by atoms with Crippen LogP contribution in [0, 0.1) is 11.7 Å². The summed E-state index contributed by atoms with van der Waals surface area (Å²) >= 11 is 0. The molecule has 1 fully saturated rings. The third-order valence-electron chi connectivity index (χ3n) is 5.50. The van der Waals surface area contributed by atoms with Gasteiger partial charge < -0.3 is 15.1 Å². The van der Waals surface area contributed by atoms with Crippen LogP contribution in [0.1, 0.15) is 39.7 Å². The zero-order valence-electron chi connectivity index (χ0n) is 17.5. The highest BCUT2D eigenvalue weighted by atomic mass is 127. The maximum Gasteiger partial charge on any atom is 0.193 e. The van der Waals surface area contributed by atoms with Crippen LogP contribution in [0.5, 0.6) is 0 Å². The Morgan fingerprint density at radius 2 is 2.04 bits per heavy atom. The highest BCUT2D eigenvalue weighted by Gasteiger charge is 2.27. The Bertz CT molecular complexity index is 602. The predicted molar refractivity (Wildman–Crippen MR) is 124 cm³/mol. The van der Waals surface area contributed by atoms with Gasteiger partial charge in [-0.3, -0.25) is 4.99 Å². The molecule has 4 nitrogen and oxygen atoms in total. The van der Waals surface area contributed by atoms with E-state index in [1.807, 2.05) is 13.1 Å². The molecule has 0 aliphatic carbocycles. The molecular formula is C21H36FIN4. The molecule has 1 aromatic carbocycles. The Hall–Kier alpha value is -0.890.